The van der Waals surface area contributed by atoms with E-state index in [-0.39, 0.29) is 5.60 Å². The molecule has 0 aromatic carbocycles. The lowest BCUT2D eigenvalue weighted by Crippen LogP contribution is -2.34. The van der Waals surface area contributed by atoms with E-state index in [0.717, 1.165) is 50.2 Å². The van der Waals surface area contributed by atoms with E-state index in [2.05, 4.69) is 21.9 Å². The molecular weight excluding hydrogens is 228 g/mol. The third kappa shape index (κ3) is 2.61. The van der Waals surface area contributed by atoms with Crippen LogP contribution in [0.2, 0.25) is 0 Å². The molecule has 2 N–H and O–H groups in total. The second kappa shape index (κ2) is 5.61. The molecule has 5 heteroatoms. The summed E-state index contributed by atoms with van der Waals surface area (Å²) in [5.74, 6) is 1.81. The summed E-state index contributed by atoms with van der Waals surface area (Å²) in [5, 5.41) is 0. The number of aromatic nitrogens is 3. The van der Waals surface area contributed by atoms with Crippen LogP contribution in [0.4, 0.5) is 5.95 Å². The summed E-state index contributed by atoms with van der Waals surface area (Å²) in [4.78, 5) is 13.1. The molecule has 5 nitrogen and oxygen atoms in total. The van der Waals surface area contributed by atoms with E-state index in [4.69, 9.17) is 10.5 Å². The standard InChI is InChI=1S/C13H22N4O/c1-3-7-10-15-11(17-12(14)16-10)13(18-2)8-5-4-6-9-13/h3-9H2,1-2H3,(H2,14,15,16,17). The van der Waals surface area contributed by atoms with E-state index < -0.39 is 0 Å². The second-order valence-corrected chi connectivity index (χ2v) is 4.94. The van der Waals surface area contributed by atoms with Crippen LogP contribution < -0.4 is 5.73 Å². The van der Waals surface area contributed by atoms with Crippen molar-refractivity contribution in [3.63, 3.8) is 0 Å². The molecule has 1 aromatic heterocycles. The highest BCUT2D eigenvalue weighted by Crippen LogP contribution is 2.38. The molecule has 1 saturated carbocycles. The van der Waals surface area contributed by atoms with Gasteiger partial charge in [0.25, 0.3) is 0 Å². The zero-order chi connectivity index (χ0) is 13.0. The predicted molar refractivity (Wildman–Crippen MR) is 70.0 cm³/mol. The fourth-order valence-corrected chi connectivity index (χ4v) is 2.62. The normalized spacial score (nSPS) is 18.8. The second-order valence-electron chi connectivity index (χ2n) is 4.94. The zero-order valence-electron chi connectivity index (χ0n) is 11.3. The van der Waals surface area contributed by atoms with Crippen LogP contribution in [-0.2, 0) is 16.8 Å². The minimum absolute atomic E-state index is 0.311. The molecule has 0 radical (unpaired) electrons. The topological polar surface area (TPSA) is 73.9 Å². The number of nitrogens with zero attached hydrogens (tertiary/aromatic N) is 3. The molecular formula is C13H22N4O. The molecule has 0 amide bonds. The first-order chi connectivity index (χ1) is 8.70. The summed E-state index contributed by atoms with van der Waals surface area (Å²) in [6, 6.07) is 0. The van der Waals surface area contributed by atoms with Crippen molar-refractivity contribution in [3.8, 4) is 0 Å². The third-order valence-electron chi connectivity index (χ3n) is 3.63. The van der Waals surface area contributed by atoms with Gasteiger partial charge in [0.2, 0.25) is 5.95 Å². The highest BCUT2D eigenvalue weighted by atomic mass is 16.5. The van der Waals surface area contributed by atoms with E-state index in [1.54, 1.807) is 7.11 Å². The number of nitrogens with two attached hydrogens (primary N) is 1. The molecule has 0 atom stereocenters. The van der Waals surface area contributed by atoms with Crippen molar-refractivity contribution in [3.05, 3.63) is 11.6 Å². The molecule has 0 bridgehead atoms. The maximum Gasteiger partial charge on any atom is 0.223 e. The summed E-state index contributed by atoms with van der Waals surface area (Å²) in [6.45, 7) is 2.10. The van der Waals surface area contributed by atoms with Gasteiger partial charge in [0.05, 0.1) is 0 Å². The molecule has 18 heavy (non-hydrogen) atoms. The Morgan fingerprint density at radius 3 is 2.50 bits per heavy atom. The molecule has 0 saturated heterocycles. The van der Waals surface area contributed by atoms with Gasteiger partial charge in [0.15, 0.2) is 5.82 Å². The fraction of sp³-hybridized carbons (Fsp3) is 0.769. The van der Waals surface area contributed by atoms with Crippen molar-refractivity contribution >= 4 is 5.95 Å². The lowest BCUT2D eigenvalue weighted by atomic mass is 9.84. The number of anilines is 1. The van der Waals surface area contributed by atoms with Gasteiger partial charge in [-0.25, -0.2) is 4.98 Å². The Bertz CT molecular complexity index is 402. The van der Waals surface area contributed by atoms with Gasteiger partial charge in [-0.1, -0.05) is 26.2 Å². The van der Waals surface area contributed by atoms with Gasteiger partial charge in [0, 0.05) is 13.5 Å². The Hall–Kier alpha value is -1.23. The molecule has 1 aliphatic rings. The molecule has 1 aliphatic carbocycles. The maximum atomic E-state index is 5.79. The number of ether oxygens (including phenoxy) is 1. The van der Waals surface area contributed by atoms with Crippen molar-refractivity contribution in [2.75, 3.05) is 12.8 Å². The van der Waals surface area contributed by atoms with Crippen LogP contribution >= 0.6 is 0 Å². The van der Waals surface area contributed by atoms with Crippen molar-refractivity contribution in [1.82, 2.24) is 15.0 Å². The quantitative estimate of drug-likeness (QED) is 0.886. The van der Waals surface area contributed by atoms with Gasteiger partial charge in [-0.2, -0.15) is 9.97 Å². The van der Waals surface area contributed by atoms with Crippen LogP contribution in [0, 0.1) is 0 Å². The first kappa shape index (κ1) is 13.2. The van der Waals surface area contributed by atoms with Gasteiger partial charge < -0.3 is 10.5 Å². The number of hydrogen-bond acceptors (Lipinski definition) is 5. The van der Waals surface area contributed by atoms with Crippen LogP contribution in [0.15, 0.2) is 0 Å². The predicted octanol–water partition coefficient (Wildman–Crippen LogP) is 2.21. The molecule has 1 fully saturated rings. The highest BCUT2D eigenvalue weighted by molar-refractivity contribution is 5.19. The number of aryl methyl sites for hydroxylation is 1. The number of methoxy groups -OCH3 is 1. The number of nitrogen functional groups attached to an aromatic ring is 1. The number of rotatable bonds is 4. The van der Waals surface area contributed by atoms with E-state index >= 15 is 0 Å². The smallest absolute Gasteiger partial charge is 0.223 e. The number of hydrogen-bond donors (Lipinski definition) is 1. The molecule has 100 valence electrons. The lowest BCUT2D eigenvalue weighted by Gasteiger charge is -2.34. The summed E-state index contributed by atoms with van der Waals surface area (Å²) in [5.41, 5.74) is 5.44. The minimum atomic E-state index is -0.349. The largest absolute Gasteiger partial charge is 0.370 e. The van der Waals surface area contributed by atoms with Crippen molar-refractivity contribution < 1.29 is 4.74 Å². The van der Waals surface area contributed by atoms with Gasteiger partial charge >= 0.3 is 0 Å². The lowest BCUT2D eigenvalue weighted by molar-refractivity contribution is -0.0517. The minimum Gasteiger partial charge on any atom is -0.370 e. The average molecular weight is 250 g/mol. The summed E-state index contributed by atoms with van der Waals surface area (Å²) in [6.07, 6.45) is 7.35. The monoisotopic (exact) mass is 250 g/mol. The highest BCUT2D eigenvalue weighted by Gasteiger charge is 2.37. The first-order valence-corrected chi connectivity index (χ1v) is 6.76. The summed E-state index contributed by atoms with van der Waals surface area (Å²) < 4.78 is 5.74. The van der Waals surface area contributed by atoms with E-state index in [1.165, 1.54) is 6.42 Å². The molecule has 0 unspecified atom stereocenters. The molecule has 1 aromatic rings. The molecule has 0 aliphatic heterocycles. The van der Waals surface area contributed by atoms with Crippen LogP contribution in [0.25, 0.3) is 0 Å². The van der Waals surface area contributed by atoms with Crippen LogP contribution in [0.5, 0.6) is 0 Å². The summed E-state index contributed by atoms with van der Waals surface area (Å²) in [7, 11) is 1.74. The average Bonchev–Trinajstić information content (AvgIpc) is 2.39. The Kier molecular flexibility index (Phi) is 4.11. The Balaban J connectivity index is 2.34. The summed E-state index contributed by atoms with van der Waals surface area (Å²) >= 11 is 0. The van der Waals surface area contributed by atoms with Crippen LogP contribution in [0.3, 0.4) is 0 Å². The first-order valence-electron chi connectivity index (χ1n) is 6.76. The SMILES string of the molecule is CCCc1nc(N)nc(C2(OC)CCCCC2)n1. The van der Waals surface area contributed by atoms with Crippen molar-refractivity contribution in [2.45, 2.75) is 57.5 Å². The van der Waals surface area contributed by atoms with Gasteiger partial charge in [-0.15, -0.1) is 0 Å². The Labute approximate surface area is 108 Å². The van der Waals surface area contributed by atoms with Gasteiger partial charge in [0.1, 0.15) is 11.4 Å². The Morgan fingerprint density at radius 2 is 1.89 bits per heavy atom. The third-order valence-corrected chi connectivity index (χ3v) is 3.63. The molecule has 2 rings (SSSR count). The van der Waals surface area contributed by atoms with Gasteiger partial charge in [-0.05, 0) is 19.3 Å². The Morgan fingerprint density at radius 1 is 1.17 bits per heavy atom. The van der Waals surface area contributed by atoms with Crippen LogP contribution in [-0.4, -0.2) is 22.1 Å². The van der Waals surface area contributed by atoms with Crippen molar-refractivity contribution in [1.29, 1.82) is 0 Å². The fourth-order valence-electron chi connectivity index (χ4n) is 2.62. The van der Waals surface area contributed by atoms with E-state index in [1.807, 2.05) is 0 Å². The molecule has 1 heterocycles. The van der Waals surface area contributed by atoms with E-state index in [0.29, 0.717) is 5.95 Å². The molecule has 0 spiro atoms. The zero-order valence-corrected chi connectivity index (χ0v) is 11.3. The van der Waals surface area contributed by atoms with E-state index in [9.17, 15) is 0 Å². The maximum absolute atomic E-state index is 5.79. The van der Waals surface area contributed by atoms with Gasteiger partial charge in [-0.3, -0.25) is 0 Å². The van der Waals surface area contributed by atoms with Crippen LogP contribution in [0.1, 0.15) is 57.1 Å². The van der Waals surface area contributed by atoms with Crippen molar-refractivity contribution in [2.24, 2.45) is 0 Å².